The van der Waals surface area contributed by atoms with Gasteiger partial charge < -0.3 is 78.4 Å². The molecule has 1 aliphatic rings. The molecule has 22 nitrogen and oxygen atoms in total. The van der Waals surface area contributed by atoms with Crippen LogP contribution in [0.1, 0.15) is 52.7 Å². The molecule has 12 atom stereocenters. The highest BCUT2D eigenvalue weighted by atomic mass is 16.7. The van der Waals surface area contributed by atoms with Crippen LogP contribution in [0.5, 0.6) is 5.75 Å². The van der Waals surface area contributed by atoms with E-state index in [2.05, 4.69) is 31.9 Å². The van der Waals surface area contributed by atoms with Crippen molar-refractivity contribution in [3.63, 3.8) is 0 Å². The summed E-state index contributed by atoms with van der Waals surface area (Å²) >= 11 is 0. The number of hydrogen-bond acceptors (Lipinski definition) is 15. The number of aliphatic hydroxyl groups excluding tert-OH is 4. The second-order valence-electron chi connectivity index (χ2n) is 16.6. The van der Waals surface area contributed by atoms with Gasteiger partial charge in [0.25, 0.3) is 0 Å². The maximum absolute atomic E-state index is 14.4. The summed E-state index contributed by atoms with van der Waals surface area (Å²) in [5.74, 6) is -6.95. The Kier molecular flexibility index (Phi) is 20.7. The Morgan fingerprint density at radius 1 is 0.646 bits per heavy atom. The Hall–Kier alpha value is -5.75. The maximum Gasteiger partial charge on any atom is 0.245 e. The van der Waals surface area contributed by atoms with E-state index in [0.717, 1.165) is 0 Å². The zero-order valence-corrected chi connectivity index (χ0v) is 37.2. The number of nitrogens with two attached hydrogens (primary N) is 2. The average Bonchev–Trinajstić information content (AvgIpc) is 3.25. The number of amides is 7. The van der Waals surface area contributed by atoms with E-state index in [9.17, 15) is 59.1 Å². The SMILES string of the molecule is CC(C)[C@H](NC(=O)[C@@H](NC(=O)[C@@H](NC(=O)[C@H](Cc1ccccc1)NC(=O)[C@@H](C)NC(=O)[C@@H](N)Cc1ccc(O)cc1)[C@@H](C)O[C@@H]1O[C@H](CO)[C@@H](O)[C@H](O)[C@H]1O)C(C)C)C(=O)NCC(N)=O. The van der Waals surface area contributed by atoms with Gasteiger partial charge in [-0.2, -0.15) is 0 Å². The molecule has 1 aliphatic heterocycles. The third kappa shape index (κ3) is 16.0. The van der Waals surface area contributed by atoms with Crippen molar-refractivity contribution in [3.05, 3.63) is 65.7 Å². The molecule has 15 N–H and O–H groups in total. The predicted molar refractivity (Wildman–Crippen MR) is 231 cm³/mol. The second-order valence-corrected chi connectivity index (χ2v) is 16.6. The molecule has 1 heterocycles. The number of hydrogen-bond donors (Lipinski definition) is 13. The van der Waals surface area contributed by atoms with E-state index in [1.807, 2.05) is 0 Å². The molecule has 360 valence electrons. The van der Waals surface area contributed by atoms with Crippen molar-refractivity contribution < 1.29 is 68.6 Å². The molecule has 0 unspecified atom stereocenters. The van der Waals surface area contributed by atoms with Gasteiger partial charge in [0.1, 0.15) is 60.4 Å². The molecule has 0 radical (unpaired) electrons. The number of aliphatic hydroxyl groups is 4. The fourth-order valence-electron chi connectivity index (χ4n) is 6.68. The molecule has 1 saturated heterocycles. The minimum absolute atomic E-state index is 0.0269. The molecule has 0 saturated carbocycles. The molecule has 22 heteroatoms. The van der Waals surface area contributed by atoms with Crippen molar-refractivity contribution in [2.24, 2.45) is 23.3 Å². The molecule has 2 aromatic rings. The first kappa shape index (κ1) is 53.6. The van der Waals surface area contributed by atoms with Crippen molar-refractivity contribution in [1.29, 1.82) is 0 Å². The summed E-state index contributed by atoms with van der Waals surface area (Å²) in [6, 6.07) is 6.47. The molecule has 2 aromatic carbocycles. The third-order valence-electron chi connectivity index (χ3n) is 10.6. The predicted octanol–water partition coefficient (Wildman–Crippen LogP) is -3.93. The van der Waals surface area contributed by atoms with E-state index < -0.39 is 139 Å². The smallest absolute Gasteiger partial charge is 0.245 e. The van der Waals surface area contributed by atoms with E-state index in [4.69, 9.17) is 20.9 Å². The van der Waals surface area contributed by atoms with Gasteiger partial charge in [0, 0.05) is 6.42 Å². The van der Waals surface area contributed by atoms with E-state index in [1.54, 1.807) is 70.2 Å². The zero-order chi connectivity index (χ0) is 48.7. The van der Waals surface area contributed by atoms with Crippen LogP contribution in [0.15, 0.2) is 54.6 Å². The molecule has 0 spiro atoms. The molecular formula is C43H64N8O14. The van der Waals surface area contributed by atoms with Crippen molar-refractivity contribution in [3.8, 4) is 5.75 Å². The van der Waals surface area contributed by atoms with Gasteiger partial charge in [0.2, 0.25) is 41.4 Å². The first-order valence-corrected chi connectivity index (χ1v) is 21.2. The number of aromatic hydroxyl groups is 1. The molecule has 0 aliphatic carbocycles. The highest BCUT2D eigenvalue weighted by Gasteiger charge is 2.46. The average molecular weight is 917 g/mol. The van der Waals surface area contributed by atoms with Gasteiger partial charge in [0.15, 0.2) is 6.29 Å². The lowest BCUT2D eigenvalue weighted by Gasteiger charge is -2.41. The maximum atomic E-state index is 14.4. The van der Waals surface area contributed by atoms with Crippen LogP contribution in [0.3, 0.4) is 0 Å². The standard InChI is InChI=1S/C43H64N8O14/c1-20(2)31(40(61)46-18-30(45)54)49-41(62)32(21(3)4)50-42(63)33(23(6)64-43-36(57)35(56)34(55)29(19-52)65-43)51-39(60)28(17-24-10-8-7-9-11-24)48-37(58)22(5)47-38(59)27(44)16-25-12-14-26(53)15-13-25/h7-15,20-23,27-29,31-36,43,52-53,55-57H,16-19,44H2,1-6H3,(H2,45,54)(H,46,61)(H,47,59)(H,48,58)(H,49,62)(H,50,63)(H,51,60)/t22-,23-,27+,28+,29-,31+,32+,33+,34-,35+,36-,43-/m1/s1. The zero-order valence-electron chi connectivity index (χ0n) is 37.2. The quantitative estimate of drug-likeness (QED) is 0.0506. The van der Waals surface area contributed by atoms with E-state index in [1.165, 1.54) is 26.0 Å². The van der Waals surface area contributed by atoms with Crippen LogP contribution in [0.2, 0.25) is 0 Å². The summed E-state index contributed by atoms with van der Waals surface area (Å²) in [6.07, 6.45) is -10.2. The van der Waals surface area contributed by atoms with Gasteiger partial charge in [-0.1, -0.05) is 70.2 Å². The summed E-state index contributed by atoms with van der Waals surface area (Å²) in [5.41, 5.74) is 12.5. The topological polar surface area (TPSA) is 363 Å². The van der Waals surface area contributed by atoms with Crippen molar-refractivity contribution >= 4 is 41.4 Å². The Balaban J connectivity index is 1.93. The Bertz CT molecular complexity index is 1920. The highest BCUT2D eigenvalue weighted by molar-refractivity contribution is 5.97. The van der Waals surface area contributed by atoms with E-state index >= 15 is 0 Å². The summed E-state index contributed by atoms with van der Waals surface area (Å²) in [4.78, 5) is 93.4. The largest absolute Gasteiger partial charge is 0.508 e. The van der Waals surface area contributed by atoms with Crippen molar-refractivity contribution in [2.45, 2.75) is 127 Å². The van der Waals surface area contributed by atoms with Crippen LogP contribution in [0.25, 0.3) is 0 Å². The number of nitrogens with one attached hydrogen (secondary N) is 6. The van der Waals surface area contributed by atoms with E-state index in [-0.39, 0.29) is 18.6 Å². The summed E-state index contributed by atoms with van der Waals surface area (Å²) in [5, 5.41) is 66.0. The van der Waals surface area contributed by atoms with Crippen molar-refractivity contribution in [2.75, 3.05) is 13.2 Å². The Morgan fingerprint density at radius 3 is 1.74 bits per heavy atom. The molecule has 0 aromatic heterocycles. The van der Waals surface area contributed by atoms with Gasteiger partial charge in [0.05, 0.1) is 25.3 Å². The third-order valence-corrected chi connectivity index (χ3v) is 10.6. The minimum Gasteiger partial charge on any atom is -0.508 e. The first-order valence-electron chi connectivity index (χ1n) is 21.2. The Morgan fingerprint density at radius 2 is 1.18 bits per heavy atom. The number of rotatable bonds is 23. The molecule has 1 fully saturated rings. The number of phenolic OH excluding ortho intramolecular Hbond substituents is 1. The summed E-state index contributed by atoms with van der Waals surface area (Å²) in [7, 11) is 0. The number of carbonyl (C=O) groups excluding carboxylic acids is 7. The molecule has 0 bridgehead atoms. The first-order chi connectivity index (χ1) is 30.5. The lowest BCUT2D eigenvalue weighted by Crippen LogP contribution is -2.64. The van der Waals surface area contributed by atoms with Gasteiger partial charge in [-0.05, 0) is 55.4 Å². The van der Waals surface area contributed by atoms with Crippen LogP contribution in [-0.4, -0.2) is 153 Å². The normalized spacial score (nSPS) is 21.6. The monoisotopic (exact) mass is 916 g/mol. The fourth-order valence-corrected chi connectivity index (χ4v) is 6.68. The number of primary amides is 1. The van der Waals surface area contributed by atoms with Crippen molar-refractivity contribution in [1.82, 2.24) is 31.9 Å². The van der Waals surface area contributed by atoms with Crippen LogP contribution < -0.4 is 43.4 Å². The number of phenols is 1. The molecule has 3 rings (SSSR count). The van der Waals surface area contributed by atoms with Crippen LogP contribution in [-0.2, 0) is 55.9 Å². The number of carbonyl (C=O) groups is 7. The second kappa shape index (κ2) is 25.1. The summed E-state index contributed by atoms with van der Waals surface area (Å²) < 4.78 is 11.4. The molecular weight excluding hydrogens is 853 g/mol. The number of ether oxygens (including phenoxy) is 2. The minimum atomic E-state index is -1.91. The van der Waals surface area contributed by atoms with Gasteiger partial charge in [-0.3, -0.25) is 33.6 Å². The number of benzene rings is 2. The molecule has 65 heavy (non-hydrogen) atoms. The highest BCUT2D eigenvalue weighted by Crippen LogP contribution is 2.24. The van der Waals surface area contributed by atoms with Crippen LogP contribution in [0.4, 0.5) is 0 Å². The van der Waals surface area contributed by atoms with E-state index in [0.29, 0.717) is 11.1 Å². The summed E-state index contributed by atoms with van der Waals surface area (Å²) in [6.45, 7) is 7.82. The lowest BCUT2D eigenvalue weighted by atomic mass is 9.98. The van der Waals surface area contributed by atoms with Gasteiger partial charge in [-0.15, -0.1) is 0 Å². The Labute approximate surface area is 376 Å². The van der Waals surface area contributed by atoms with Gasteiger partial charge >= 0.3 is 0 Å². The lowest BCUT2D eigenvalue weighted by molar-refractivity contribution is -0.311. The van der Waals surface area contributed by atoms with Gasteiger partial charge in [-0.25, -0.2) is 0 Å². The van der Waals surface area contributed by atoms with Crippen LogP contribution >= 0.6 is 0 Å². The fraction of sp³-hybridized carbons (Fsp3) is 0.558. The molecule has 7 amide bonds. The van der Waals surface area contributed by atoms with Crippen LogP contribution in [0, 0.1) is 11.8 Å².